The van der Waals surface area contributed by atoms with Crippen molar-refractivity contribution in [3.05, 3.63) is 41.5 Å². The Morgan fingerprint density at radius 2 is 1.70 bits per heavy atom. The van der Waals surface area contributed by atoms with E-state index in [-0.39, 0.29) is 18.3 Å². The third kappa shape index (κ3) is 6.01. The van der Waals surface area contributed by atoms with Crippen molar-refractivity contribution in [3.63, 3.8) is 0 Å². The number of nitrogens with two attached hydrogens (primary N) is 1. The first kappa shape index (κ1) is 26.6. The third-order valence-electron chi connectivity index (χ3n) is 5.30. The maximum Gasteiger partial charge on any atom is 0.258 e. The van der Waals surface area contributed by atoms with Crippen molar-refractivity contribution in [1.29, 1.82) is 0 Å². The van der Waals surface area contributed by atoms with Gasteiger partial charge in [0.2, 0.25) is 11.5 Å². The molecule has 1 fully saturated rings. The highest BCUT2D eigenvalue weighted by Gasteiger charge is 2.34. The Hall–Kier alpha value is -2.68. The number of morpholine rings is 1. The average molecular weight is 481 g/mol. The van der Waals surface area contributed by atoms with E-state index >= 15 is 0 Å². The molecule has 1 saturated heterocycles. The highest BCUT2D eigenvalue weighted by Crippen LogP contribution is 2.48. The van der Waals surface area contributed by atoms with Crippen LogP contribution in [0.2, 0.25) is 0 Å². The number of benzene rings is 2. The molecule has 9 heteroatoms. The number of nitrogens with zero attached hydrogens (tertiary/aromatic N) is 1. The summed E-state index contributed by atoms with van der Waals surface area (Å²) in [6, 6.07) is 9.26. The standard InChI is InChI=1S/C24H32N2O6.ClH/c1-24(2)15-26(12-13-31-24)23(27)18-14-19(21(29-4)22(30-5)20(18)28-3)32-17-8-6-16(7-9-17)10-11-25;/h6-9,14H,10-13,15,25H2,1-5H3;1H. The quantitative estimate of drug-likeness (QED) is 0.616. The van der Waals surface area contributed by atoms with E-state index < -0.39 is 5.60 Å². The molecule has 1 heterocycles. The summed E-state index contributed by atoms with van der Waals surface area (Å²) in [5.74, 6) is 1.69. The minimum absolute atomic E-state index is 0. The molecule has 0 atom stereocenters. The highest BCUT2D eigenvalue weighted by molar-refractivity contribution is 5.99. The minimum atomic E-state index is -0.428. The molecule has 3 rings (SSSR count). The van der Waals surface area contributed by atoms with Gasteiger partial charge in [0.15, 0.2) is 11.5 Å². The Labute approximate surface area is 201 Å². The fourth-order valence-electron chi connectivity index (χ4n) is 3.79. The molecule has 0 aliphatic carbocycles. The molecule has 2 aromatic rings. The molecule has 1 amide bonds. The first-order chi connectivity index (χ1) is 15.3. The molecule has 1 aliphatic heterocycles. The van der Waals surface area contributed by atoms with Gasteiger partial charge in [-0.1, -0.05) is 12.1 Å². The van der Waals surface area contributed by atoms with Crippen LogP contribution in [0.1, 0.15) is 29.8 Å². The number of hydrogen-bond acceptors (Lipinski definition) is 7. The Kier molecular flexibility index (Phi) is 9.22. The van der Waals surface area contributed by atoms with Gasteiger partial charge >= 0.3 is 0 Å². The second kappa shape index (κ2) is 11.4. The van der Waals surface area contributed by atoms with Gasteiger partial charge in [-0.3, -0.25) is 4.79 Å². The zero-order chi connectivity index (χ0) is 23.3. The molecule has 1 aliphatic rings. The summed E-state index contributed by atoms with van der Waals surface area (Å²) in [7, 11) is 4.51. The molecule has 0 radical (unpaired) electrons. The lowest BCUT2D eigenvalue weighted by atomic mass is 10.0. The van der Waals surface area contributed by atoms with E-state index in [1.807, 2.05) is 38.1 Å². The van der Waals surface area contributed by atoms with Crippen LogP contribution >= 0.6 is 12.4 Å². The van der Waals surface area contributed by atoms with Crippen molar-refractivity contribution in [2.45, 2.75) is 25.9 Å². The summed E-state index contributed by atoms with van der Waals surface area (Å²) < 4.78 is 28.6. The van der Waals surface area contributed by atoms with E-state index in [1.165, 1.54) is 21.3 Å². The van der Waals surface area contributed by atoms with E-state index in [0.29, 0.717) is 60.6 Å². The second-order valence-electron chi connectivity index (χ2n) is 8.14. The largest absolute Gasteiger partial charge is 0.492 e. The van der Waals surface area contributed by atoms with Crippen LogP contribution in [0, 0.1) is 0 Å². The maximum absolute atomic E-state index is 13.5. The molecule has 0 unspecified atom stereocenters. The van der Waals surface area contributed by atoms with Gasteiger partial charge in [0.05, 0.1) is 39.1 Å². The van der Waals surface area contributed by atoms with Crippen LogP contribution in [0.25, 0.3) is 0 Å². The van der Waals surface area contributed by atoms with Gasteiger partial charge in [-0.25, -0.2) is 0 Å². The van der Waals surface area contributed by atoms with Gasteiger partial charge in [0, 0.05) is 19.2 Å². The summed E-state index contributed by atoms with van der Waals surface area (Å²) in [6.07, 6.45) is 0.786. The van der Waals surface area contributed by atoms with Gasteiger partial charge in [0.25, 0.3) is 5.91 Å². The molecule has 2 aromatic carbocycles. The summed E-state index contributed by atoms with van der Waals surface area (Å²) in [5.41, 5.74) is 6.64. The predicted octanol–water partition coefficient (Wildman–Crippen LogP) is 3.68. The maximum atomic E-state index is 13.5. The van der Waals surface area contributed by atoms with E-state index in [4.69, 9.17) is 29.4 Å². The molecular formula is C24H33ClN2O6. The first-order valence-electron chi connectivity index (χ1n) is 10.6. The topological polar surface area (TPSA) is 92.5 Å². The number of ether oxygens (including phenoxy) is 5. The van der Waals surface area contributed by atoms with Crippen LogP contribution in [-0.4, -0.2) is 64.0 Å². The van der Waals surface area contributed by atoms with E-state index in [0.717, 1.165) is 12.0 Å². The van der Waals surface area contributed by atoms with Gasteiger partial charge in [0.1, 0.15) is 5.75 Å². The number of carbonyl (C=O) groups excluding carboxylic acids is 1. The first-order valence-corrected chi connectivity index (χ1v) is 10.6. The zero-order valence-corrected chi connectivity index (χ0v) is 20.6. The Bertz CT molecular complexity index is 949. The molecule has 33 heavy (non-hydrogen) atoms. The van der Waals surface area contributed by atoms with Crippen molar-refractivity contribution in [1.82, 2.24) is 4.90 Å². The molecule has 0 spiro atoms. The van der Waals surface area contributed by atoms with Gasteiger partial charge in [-0.05, 0) is 44.5 Å². The van der Waals surface area contributed by atoms with Crippen LogP contribution in [0.4, 0.5) is 0 Å². The number of halogens is 1. The van der Waals surface area contributed by atoms with Crippen molar-refractivity contribution >= 4 is 18.3 Å². The normalized spacial score (nSPS) is 14.8. The molecular weight excluding hydrogens is 448 g/mol. The predicted molar refractivity (Wildman–Crippen MR) is 129 cm³/mol. The van der Waals surface area contributed by atoms with Crippen molar-refractivity contribution in [2.24, 2.45) is 5.73 Å². The Morgan fingerprint density at radius 3 is 2.24 bits per heavy atom. The van der Waals surface area contributed by atoms with Crippen LogP contribution in [0.5, 0.6) is 28.7 Å². The van der Waals surface area contributed by atoms with E-state index in [1.54, 1.807) is 11.0 Å². The fourth-order valence-corrected chi connectivity index (χ4v) is 3.79. The third-order valence-corrected chi connectivity index (χ3v) is 5.30. The Morgan fingerprint density at radius 1 is 1.06 bits per heavy atom. The molecule has 0 aromatic heterocycles. The smallest absolute Gasteiger partial charge is 0.258 e. The fraction of sp³-hybridized carbons (Fsp3) is 0.458. The molecule has 8 nitrogen and oxygen atoms in total. The van der Waals surface area contributed by atoms with Crippen molar-refractivity contribution in [3.8, 4) is 28.7 Å². The SMILES string of the molecule is COc1c(Oc2ccc(CCN)cc2)cc(C(=O)N2CCOC(C)(C)C2)c(OC)c1OC.Cl. The lowest BCUT2D eigenvalue weighted by Crippen LogP contribution is -2.50. The monoisotopic (exact) mass is 480 g/mol. The number of carbonyl (C=O) groups is 1. The van der Waals surface area contributed by atoms with E-state index in [9.17, 15) is 4.79 Å². The average Bonchev–Trinajstić information content (AvgIpc) is 2.78. The van der Waals surface area contributed by atoms with Crippen LogP contribution in [0.15, 0.2) is 30.3 Å². The zero-order valence-electron chi connectivity index (χ0n) is 19.8. The molecule has 2 N–H and O–H groups in total. The molecule has 0 bridgehead atoms. The second-order valence-corrected chi connectivity index (χ2v) is 8.14. The lowest BCUT2D eigenvalue weighted by molar-refractivity contribution is -0.0764. The van der Waals surface area contributed by atoms with Crippen molar-refractivity contribution in [2.75, 3.05) is 47.6 Å². The number of hydrogen-bond donors (Lipinski definition) is 1. The number of rotatable bonds is 8. The van der Waals surface area contributed by atoms with Gasteiger partial charge < -0.3 is 34.3 Å². The molecule has 182 valence electrons. The van der Waals surface area contributed by atoms with E-state index in [2.05, 4.69) is 0 Å². The highest BCUT2D eigenvalue weighted by atomic mass is 35.5. The summed E-state index contributed by atoms with van der Waals surface area (Å²) >= 11 is 0. The number of amides is 1. The van der Waals surface area contributed by atoms with Gasteiger partial charge in [-0.2, -0.15) is 0 Å². The van der Waals surface area contributed by atoms with Gasteiger partial charge in [-0.15, -0.1) is 12.4 Å². The lowest BCUT2D eigenvalue weighted by Gasteiger charge is -2.38. The Balaban J connectivity index is 0.00000385. The molecule has 0 saturated carbocycles. The summed E-state index contributed by atoms with van der Waals surface area (Å²) in [6.45, 7) is 5.91. The summed E-state index contributed by atoms with van der Waals surface area (Å²) in [5, 5.41) is 0. The van der Waals surface area contributed by atoms with Crippen LogP contribution < -0.4 is 24.7 Å². The number of methoxy groups -OCH3 is 3. The van der Waals surface area contributed by atoms with Crippen molar-refractivity contribution < 1.29 is 28.5 Å². The van der Waals surface area contributed by atoms with Crippen LogP contribution in [0.3, 0.4) is 0 Å². The minimum Gasteiger partial charge on any atom is -0.492 e. The van der Waals surface area contributed by atoms with Crippen LogP contribution in [-0.2, 0) is 11.2 Å². The summed E-state index contributed by atoms with van der Waals surface area (Å²) in [4.78, 5) is 15.2.